The van der Waals surface area contributed by atoms with Crippen molar-refractivity contribution in [3.05, 3.63) is 6.33 Å². The van der Waals surface area contributed by atoms with Gasteiger partial charge in [-0.15, -0.1) is 0 Å². The summed E-state index contributed by atoms with van der Waals surface area (Å²) in [7, 11) is -0.476. The molecule has 1 saturated carbocycles. The van der Waals surface area contributed by atoms with E-state index in [9.17, 15) is 8.42 Å². The van der Waals surface area contributed by atoms with E-state index in [1.165, 1.54) is 25.1 Å². The van der Waals surface area contributed by atoms with E-state index in [0.717, 1.165) is 17.1 Å². The molecule has 0 atom stereocenters. The van der Waals surface area contributed by atoms with E-state index in [4.69, 9.17) is 0 Å². The summed E-state index contributed by atoms with van der Waals surface area (Å²) >= 11 is 0. The molecule has 1 aromatic rings. The minimum atomic E-state index is -3.46. The zero-order valence-electron chi connectivity index (χ0n) is 8.79. The second-order valence-corrected chi connectivity index (χ2v) is 6.00. The van der Waals surface area contributed by atoms with Gasteiger partial charge in [-0.1, -0.05) is 0 Å². The van der Waals surface area contributed by atoms with Gasteiger partial charge in [0.25, 0.3) is 15.2 Å². The van der Waals surface area contributed by atoms with E-state index < -0.39 is 10.0 Å². The van der Waals surface area contributed by atoms with Gasteiger partial charge in [0.15, 0.2) is 0 Å². The number of hydrogen-bond donors (Lipinski definition) is 0. The molecule has 0 amide bonds. The summed E-state index contributed by atoms with van der Waals surface area (Å²) in [6.45, 7) is 0.655. The summed E-state index contributed by atoms with van der Waals surface area (Å²) in [5.74, 6) is 0.572. The van der Waals surface area contributed by atoms with Gasteiger partial charge in [0.05, 0.1) is 0 Å². The number of nitrogens with zero attached hydrogens (tertiary/aromatic N) is 4. The number of sulfonamides is 1. The molecule has 0 saturated heterocycles. The number of rotatable bonds is 4. The van der Waals surface area contributed by atoms with E-state index in [2.05, 4.69) is 10.1 Å². The van der Waals surface area contributed by atoms with Crippen LogP contribution in [-0.4, -0.2) is 41.6 Å². The monoisotopic (exact) mass is 230 g/mol. The van der Waals surface area contributed by atoms with Crippen LogP contribution in [0.25, 0.3) is 0 Å². The molecule has 0 radical (unpaired) electrons. The van der Waals surface area contributed by atoms with Crippen LogP contribution in [0.5, 0.6) is 0 Å². The molecular weight excluding hydrogens is 216 g/mol. The van der Waals surface area contributed by atoms with E-state index >= 15 is 0 Å². The Morgan fingerprint density at radius 2 is 2.20 bits per heavy atom. The van der Waals surface area contributed by atoms with Crippen molar-refractivity contribution in [1.29, 1.82) is 0 Å². The molecule has 15 heavy (non-hydrogen) atoms. The lowest BCUT2D eigenvalue weighted by Gasteiger charge is -2.11. The van der Waals surface area contributed by atoms with Crippen molar-refractivity contribution in [2.75, 3.05) is 14.1 Å². The molecule has 1 aromatic heterocycles. The molecule has 6 nitrogen and oxygen atoms in total. The fourth-order valence-corrected chi connectivity index (χ4v) is 2.18. The summed E-state index contributed by atoms with van der Waals surface area (Å²) in [5.41, 5.74) is 0. The maximum absolute atomic E-state index is 11.8. The van der Waals surface area contributed by atoms with Gasteiger partial charge in [0, 0.05) is 20.6 Å². The lowest BCUT2D eigenvalue weighted by atomic mass is 10.4. The number of aromatic nitrogens is 3. The lowest BCUT2D eigenvalue weighted by molar-refractivity contribution is 0.468. The Hall–Kier alpha value is -0.950. The molecule has 0 spiro atoms. The maximum atomic E-state index is 11.8. The SMILES string of the molecule is CN(C)S(=O)(=O)c1ncnn1CC1CC1. The van der Waals surface area contributed by atoms with Crippen LogP contribution in [0.2, 0.25) is 0 Å². The van der Waals surface area contributed by atoms with E-state index in [0.29, 0.717) is 12.5 Å². The minimum absolute atomic E-state index is 0.0411. The average molecular weight is 230 g/mol. The van der Waals surface area contributed by atoms with Crippen molar-refractivity contribution in [2.45, 2.75) is 24.5 Å². The Balaban J connectivity index is 2.31. The third kappa shape index (κ3) is 2.03. The highest BCUT2D eigenvalue weighted by Crippen LogP contribution is 2.30. The highest BCUT2D eigenvalue weighted by molar-refractivity contribution is 7.88. The fourth-order valence-electron chi connectivity index (χ4n) is 1.29. The quantitative estimate of drug-likeness (QED) is 0.726. The molecule has 1 aliphatic rings. The summed E-state index contributed by atoms with van der Waals surface area (Å²) in [6, 6.07) is 0. The maximum Gasteiger partial charge on any atom is 0.278 e. The number of hydrogen-bond acceptors (Lipinski definition) is 4. The van der Waals surface area contributed by atoms with E-state index in [1.807, 2.05) is 0 Å². The zero-order valence-corrected chi connectivity index (χ0v) is 9.61. The first kappa shape index (κ1) is 10.6. The van der Waals surface area contributed by atoms with Crippen LogP contribution < -0.4 is 0 Å². The van der Waals surface area contributed by atoms with Gasteiger partial charge in [-0.3, -0.25) is 0 Å². The van der Waals surface area contributed by atoms with Crippen LogP contribution in [0, 0.1) is 5.92 Å². The van der Waals surface area contributed by atoms with Crippen LogP contribution >= 0.6 is 0 Å². The van der Waals surface area contributed by atoms with E-state index in [1.54, 1.807) is 0 Å². The molecule has 2 rings (SSSR count). The predicted octanol–water partition coefficient (Wildman–Crippen LogP) is -0.0616. The van der Waals surface area contributed by atoms with E-state index in [-0.39, 0.29) is 5.16 Å². The van der Waals surface area contributed by atoms with Crippen molar-refractivity contribution >= 4 is 10.0 Å². The Morgan fingerprint density at radius 3 is 2.73 bits per heavy atom. The topological polar surface area (TPSA) is 68.1 Å². The molecule has 0 aliphatic heterocycles. The molecule has 1 aliphatic carbocycles. The highest BCUT2D eigenvalue weighted by atomic mass is 32.2. The highest BCUT2D eigenvalue weighted by Gasteiger charge is 2.28. The largest absolute Gasteiger partial charge is 0.278 e. The molecule has 1 fully saturated rings. The second kappa shape index (κ2) is 3.57. The first-order valence-electron chi connectivity index (χ1n) is 4.82. The molecule has 84 valence electrons. The minimum Gasteiger partial charge on any atom is -0.235 e. The van der Waals surface area contributed by atoms with Crippen LogP contribution in [0.3, 0.4) is 0 Å². The summed E-state index contributed by atoms with van der Waals surface area (Å²) in [4.78, 5) is 3.81. The Morgan fingerprint density at radius 1 is 1.53 bits per heavy atom. The van der Waals surface area contributed by atoms with Crippen molar-refractivity contribution in [1.82, 2.24) is 19.1 Å². The van der Waals surface area contributed by atoms with Gasteiger partial charge in [-0.25, -0.2) is 22.4 Å². The Labute approximate surface area is 89.0 Å². The van der Waals surface area contributed by atoms with Crippen molar-refractivity contribution < 1.29 is 8.42 Å². The van der Waals surface area contributed by atoms with Gasteiger partial charge >= 0.3 is 0 Å². The summed E-state index contributed by atoms with van der Waals surface area (Å²) in [5, 5.41) is 3.99. The summed E-state index contributed by atoms with van der Waals surface area (Å²) < 4.78 is 26.3. The molecule has 7 heteroatoms. The molecule has 0 bridgehead atoms. The lowest BCUT2D eigenvalue weighted by Crippen LogP contribution is -2.26. The standard InChI is InChI=1S/C8H14N4O2S/c1-11(2)15(13,14)8-9-6-10-12(8)5-7-3-4-7/h6-7H,3-5H2,1-2H3. The van der Waals surface area contributed by atoms with Crippen molar-refractivity contribution in [2.24, 2.45) is 5.92 Å². The van der Waals surface area contributed by atoms with Crippen molar-refractivity contribution in [3.63, 3.8) is 0 Å². The summed E-state index contributed by atoms with van der Waals surface area (Å²) in [6.07, 6.45) is 3.60. The Kier molecular flexibility index (Phi) is 2.51. The first-order chi connectivity index (χ1) is 7.01. The van der Waals surface area contributed by atoms with Crippen LogP contribution in [0.4, 0.5) is 0 Å². The molecule has 0 aromatic carbocycles. The predicted molar refractivity (Wildman–Crippen MR) is 53.6 cm³/mol. The van der Waals surface area contributed by atoms with Gasteiger partial charge in [-0.2, -0.15) is 5.10 Å². The molecule has 0 unspecified atom stereocenters. The zero-order chi connectivity index (χ0) is 11.1. The molecule has 0 N–H and O–H groups in total. The smallest absolute Gasteiger partial charge is 0.235 e. The van der Waals surface area contributed by atoms with Crippen LogP contribution in [0.15, 0.2) is 11.5 Å². The first-order valence-corrected chi connectivity index (χ1v) is 6.26. The average Bonchev–Trinajstić information content (AvgIpc) is 2.81. The van der Waals surface area contributed by atoms with Gasteiger partial charge in [0.2, 0.25) is 0 Å². The second-order valence-electron chi connectivity index (χ2n) is 3.96. The normalized spacial score (nSPS) is 17.3. The van der Waals surface area contributed by atoms with Crippen LogP contribution in [0.1, 0.15) is 12.8 Å². The third-order valence-electron chi connectivity index (χ3n) is 2.42. The third-order valence-corrected chi connectivity index (χ3v) is 4.16. The molecule has 1 heterocycles. The van der Waals surface area contributed by atoms with Gasteiger partial charge in [0.1, 0.15) is 6.33 Å². The molecular formula is C8H14N4O2S. The Bertz CT molecular complexity index is 447. The van der Waals surface area contributed by atoms with Crippen molar-refractivity contribution in [3.8, 4) is 0 Å². The van der Waals surface area contributed by atoms with Gasteiger partial charge < -0.3 is 0 Å². The van der Waals surface area contributed by atoms with Crippen LogP contribution in [-0.2, 0) is 16.6 Å². The fraction of sp³-hybridized carbons (Fsp3) is 0.750. The van der Waals surface area contributed by atoms with Gasteiger partial charge in [-0.05, 0) is 18.8 Å².